The maximum absolute atomic E-state index is 13.5. The number of thiazole rings is 1. The Morgan fingerprint density at radius 1 is 1.03 bits per heavy atom. The van der Waals surface area contributed by atoms with Gasteiger partial charge >= 0.3 is 4.87 Å². The summed E-state index contributed by atoms with van der Waals surface area (Å²) in [5.41, 5.74) is 1.52. The third kappa shape index (κ3) is 3.59. The molecule has 6 nitrogen and oxygen atoms in total. The fourth-order valence-electron chi connectivity index (χ4n) is 4.16. The van der Waals surface area contributed by atoms with Gasteiger partial charge in [0.25, 0.3) is 0 Å². The molecule has 5 rings (SSSR count). The van der Waals surface area contributed by atoms with Crippen LogP contribution in [-0.2, 0) is 9.59 Å². The van der Waals surface area contributed by atoms with Crippen LogP contribution in [0.1, 0.15) is 23.3 Å². The van der Waals surface area contributed by atoms with Gasteiger partial charge in [0.1, 0.15) is 11.0 Å². The average Bonchev–Trinajstić information content (AvgIpc) is 3.29. The zero-order valence-corrected chi connectivity index (χ0v) is 18.8. The topological polar surface area (TPSA) is 79.5 Å². The number of fused-ring (bicyclic) bond motifs is 2. The van der Waals surface area contributed by atoms with E-state index in [1.54, 1.807) is 24.3 Å². The van der Waals surface area contributed by atoms with Crippen molar-refractivity contribution in [3.63, 3.8) is 0 Å². The fourth-order valence-corrected chi connectivity index (χ4v) is 6.64. The molecule has 0 bridgehead atoms. The number of allylic oxidation sites excluding steroid dienone is 1. The summed E-state index contributed by atoms with van der Waals surface area (Å²) in [5.74, 6) is -0.746. The monoisotopic (exact) mass is 464 g/mol. The van der Waals surface area contributed by atoms with Crippen molar-refractivity contribution in [1.29, 1.82) is 0 Å². The van der Waals surface area contributed by atoms with Crippen LogP contribution < -0.4 is 14.5 Å². The molecule has 0 saturated carbocycles. The fraction of sp³-hybridized carbons (Fsp3) is 0.208. The minimum atomic E-state index is -0.586. The molecule has 2 amide bonds. The van der Waals surface area contributed by atoms with Crippen molar-refractivity contribution in [2.75, 3.05) is 11.5 Å². The van der Waals surface area contributed by atoms with Gasteiger partial charge in [0, 0.05) is 10.8 Å². The summed E-state index contributed by atoms with van der Waals surface area (Å²) < 4.78 is 5.47. The van der Waals surface area contributed by atoms with E-state index in [9.17, 15) is 14.4 Å². The van der Waals surface area contributed by atoms with Crippen molar-refractivity contribution in [2.45, 2.75) is 23.1 Å². The number of H-pyrrole nitrogens is 1. The molecule has 3 atom stereocenters. The smallest absolute Gasteiger partial charge is 0.305 e. The van der Waals surface area contributed by atoms with Crippen LogP contribution >= 0.6 is 23.1 Å². The highest BCUT2D eigenvalue weighted by atomic mass is 32.2. The average molecular weight is 465 g/mol. The standard InChI is InChI=1S/C24H20N2O4S2/c1-2-30-16-11-9-15(10-12-16)26-22(27)18-17(13-8-14-6-4-3-5-7-14)19-21(25-24(29)32-19)31-20(18)23(26)28/h3-13,17-18,20H,2H2,1H3,(H,25,29)/b13-8+/t17-,18+,20+/m0/s1. The Labute approximate surface area is 192 Å². The zero-order chi connectivity index (χ0) is 22.2. The first-order valence-corrected chi connectivity index (χ1v) is 12.0. The number of aromatic nitrogens is 1. The van der Waals surface area contributed by atoms with Crippen LogP contribution in [0.25, 0.3) is 6.08 Å². The largest absolute Gasteiger partial charge is 0.494 e. The number of ether oxygens (including phenoxy) is 1. The molecule has 0 unspecified atom stereocenters. The number of rotatable bonds is 5. The van der Waals surface area contributed by atoms with E-state index in [2.05, 4.69) is 4.98 Å². The Morgan fingerprint density at radius 3 is 2.50 bits per heavy atom. The SMILES string of the molecule is CCOc1ccc(N2C(=O)[C@@H]3[C@H](/C=C/c4ccccc4)c4sc(=O)[nH]c4S[C@H]3C2=O)cc1. The molecule has 3 heterocycles. The predicted molar refractivity (Wildman–Crippen MR) is 126 cm³/mol. The molecule has 0 spiro atoms. The molecule has 1 aromatic heterocycles. The first kappa shape index (κ1) is 20.8. The molecule has 3 aromatic rings. The summed E-state index contributed by atoms with van der Waals surface area (Å²) >= 11 is 2.39. The third-order valence-electron chi connectivity index (χ3n) is 5.57. The lowest BCUT2D eigenvalue weighted by atomic mass is 9.88. The number of amides is 2. The van der Waals surface area contributed by atoms with Crippen molar-refractivity contribution in [1.82, 2.24) is 4.98 Å². The lowest BCUT2D eigenvalue weighted by Crippen LogP contribution is -2.31. The highest BCUT2D eigenvalue weighted by Crippen LogP contribution is 2.51. The van der Waals surface area contributed by atoms with Gasteiger partial charge < -0.3 is 9.72 Å². The normalized spacial score (nSPS) is 22.3. The van der Waals surface area contributed by atoms with Gasteiger partial charge in [0.15, 0.2) is 0 Å². The molecule has 0 aliphatic carbocycles. The minimum absolute atomic E-state index is 0.177. The summed E-state index contributed by atoms with van der Waals surface area (Å²) in [6.07, 6.45) is 3.89. The number of thioether (sulfide) groups is 1. The van der Waals surface area contributed by atoms with E-state index in [0.717, 1.165) is 21.8 Å². The van der Waals surface area contributed by atoms with E-state index in [1.807, 2.05) is 49.4 Å². The lowest BCUT2D eigenvalue weighted by molar-refractivity contribution is -0.122. The molecule has 1 N–H and O–H groups in total. The van der Waals surface area contributed by atoms with Crippen molar-refractivity contribution in [2.24, 2.45) is 5.92 Å². The van der Waals surface area contributed by atoms with Gasteiger partial charge in [-0.05, 0) is 36.8 Å². The number of carbonyl (C=O) groups excluding carboxylic acids is 2. The number of benzene rings is 2. The molecule has 1 saturated heterocycles. The third-order valence-corrected chi connectivity index (χ3v) is 7.99. The molecule has 2 aliphatic heterocycles. The molecule has 1 fully saturated rings. The molecule has 8 heteroatoms. The van der Waals surface area contributed by atoms with Crippen molar-refractivity contribution < 1.29 is 14.3 Å². The zero-order valence-electron chi connectivity index (χ0n) is 17.2. The second-order valence-electron chi connectivity index (χ2n) is 7.51. The first-order chi connectivity index (χ1) is 15.6. The highest BCUT2D eigenvalue weighted by Gasteiger charge is 2.55. The van der Waals surface area contributed by atoms with E-state index in [1.165, 1.54) is 16.7 Å². The van der Waals surface area contributed by atoms with E-state index in [4.69, 9.17) is 4.74 Å². The van der Waals surface area contributed by atoms with Gasteiger partial charge in [-0.3, -0.25) is 14.4 Å². The molecule has 0 radical (unpaired) electrons. The van der Waals surface area contributed by atoms with Gasteiger partial charge in [0.2, 0.25) is 11.8 Å². The molecular formula is C24H20N2O4S2. The Bertz CT molecular complexity index is 1250. The van der Waals surface area contributed by atoms with Crippen molar-refractivity contribution in [3.05, 3.63) is 80.8 Å². The summed E-state index contributed by atoms with van der Waals surface area (Å²) in [4.78, 5) is 43.7. The number of anilines is 1. The summed E-state index contributed by atoms with van der Waals surface area (Å²) in [6, 6.07) is 16.7. The Morgan fingerprint density at radius 2 is 1.78 bits per heavy atom. The number of carbonyl (C=O) groups is 2. The van der Waals surface area contributed by atoms with Gasteiger partial charge in [-0.15, -0.1) is 0 Å². The van der Waals surface area contributed by atoms with Crippen LogP contribution in [0, 0.1) is 5.92 Å². The number of aromatic amines is 1. The van der Waals surface area contributed by atoms with Crippen molar-refractivity contribution >= 4 is 46.7 Å². The van der Waals surface area contributed by atoms with E-state index in [-0.39, 0.29) is 22.6 Å². The van der Waals surface area contributed by atoms with Crippen LogP contribution in [0.2, 0.25) is 0 Å². The van der Waals surface area contributed by atoms with Gasteiger partial charge in [-0.25, -0.2) is 4.90 Å². The molecule has 2 aliphatic rings. The van der Waals surface area contributed by atoms with Crippen LogP contribution in [0.3, 0.4) is 0 Å². The molecule has 162 valence electrons. The van der Waals surface area contributed by atoms with E-state index < -0.39 is 11.2 Å². The quantitative estimate of drug-likeness (QED) is 0.570. The van der Waals surface area contributed by atoms with E-state index >= 15 is 0 Å². The predicted octanol–water partition coefficient (Wildman–Crippen LogP) is 4.30. The second kappa shape index (κ2) is 8.44. The Hall–Kier alpha value is -3.10. The number of nitrogens with one attached hydrogen (secondary N) is 1. The highest BCUT2D eigenvalue weighted by molar-refractivity contribution is 8.00. The van der Waals surface area contributed by atoms with Gasteiger partial charge in [0.05, 0.1) is 23.2 Å². The Balaban J connectivity index is 1.52. The number of hydrogen-bond donors (Lipinski definition) is 1. The van der Waals surface area contributed by atoms with Crippen LogP contribution in [0.5, 0.6) is 5.75 Å². The Kier molecular flexibility index (Phi) is 5.48. The number of hydrogen-bond acceptors (Lipinski definition) is 6. The van der Waals surface area contributed by atoms with Crippen LogP contribution in [0.15, 0.2) is 70.5 Å². The van der Waals surface area contributed by atoms with Gasteiger partial charge in [-0.1, -0.05) is 65.6 Å². The summed E-state index contributed by atoms with van der Waals surface area (Å²) in [5, 5.41) is 0.0934. The minimum Gasteiger partial charge on any atom is -0.494 e. The van der Waals surface area contributed by atoms with Crippen molar-refractivity contribution in [3.8, 4) is 5.75 Å². The van der Waals surface area contributed by atoms with E-state index in [0.29, 0.717) is 23.1 Å². The van der Waals surface area contributed by atoms with Crippen LogP contribution in [-0.4, -0.2) is 28.7 Å². The molecule has 2 aromatic carbocycles. The van der Waals surface area contributed by atoms with Crippen LogP contribution in [0.4, 0.5) is 5.69 Å². The van der Waals surface area contributed by atoms with Gasteiger partial charge in [-0.2, -0.15) is 0 Å². The molecular weight excluding hydrogens is 444 g/mol. The summed E-state index contributed by atoms with van der Waals surface area (Å²) in [7, 11) is 0. The molecule has 32 heavy (non-hydrogen) atoms. The second-order valence-corrected chi connectivity index (χ2v) is 9.67. The maximum atomic E-state index is 13.5. The number of nitrogens with zero attached hydrogens (tertiary/aromatic N) is 1. The number of imide groups is 1. The first-order valence-electron chi connectivity index (χ1n) is 10.3. The maximum Gasteiger partial charge on any atom is 0.305 e. The lowest BCUT2D eigenvalue weighted by Gasteiger charge is -2.27. The summed E-state index contributed by atoms with van der Waals surface area (Å²) in [6.45, 7) is 2.44.